The molecule has 1 aromatic heterocycles. The number of carbonyl (C=O) groups excluding carboxylic acids is 2. The van der Waals surface area contributed by atoms with Crippen molar-refractivity contribution in [2.24, 2.45) is 5.92 Å². The van der Waals surface area contributed by atoms with E-state index in [1.54, 1.807) is 0 Å². The first-order valence-corrected chi connectivity index (χ1v) is 10.3. The smallest absolute Gasteiger partial charge is 0.267 e. The van der Waals surface area contributed by atoms with Crippen molar-refractivity contribution < 1.29 is 9.59 Å². The summed E-state index contributed by atoms with van der Waals surface area (Å²) >= 11 is 1.16. The van der Waals surface area contributed by atoms with Crippen molar-refractivity contribution in [2.45, 2.75) is 39.0 Å². The number of hydrogen-bond donors (Lipinski definition) is 1. The molecule has 1 aliphatic rings. The molecular weight excluding hydrogens is 360 g/mol. The predicted octanol–water partition coefficient (Wildman–Crippen LogP) is 3.01. The molecule has 0 aliphatic carbocycles. The van der Waals surface area contributed by atoms with Gasteiger partial charge in [0.1, 0.15) is 4.88 Å². The molecule has 2 aromatic rings. The van der Waals surface area contributed by atoms with E-state index in [4.69, 9.17) is 0 Å². The average Bonchev–Trinajstić information content (AvgIpc) is 3.13. The molecule has 3 rings (SSSR count). The van der Waals surface area contributed by atoms with Crippen LogP contribution in [0, 0.1) is 12.8 Å². The number of piperidine rings is 1. The molecule has 1 atom stereocenters. The van der Waals surface area contributed by atoms with E-state index in [0.717, 1.165) is 36.4 Å². The quantitative estimate of drug-likeness (QED) is 0.828. The van der Waals surface area contributed by atoms with Gasteiger partial charge in [-0.25, -0.2) is 0 Å². The number of aryl methyl sites for hydroxylation is 1. The topological polar surface area (TPSA) is 75.2 Å². The summed E-state index contributed by atoms with van der Waals surface area (Å²) in [5.74, 6) is 0.426. The van der Waals surface area contributed by atoms with Gasteiger partial charge in [0.2, 0.25) is 5.91 Å². The van der Waals surface area contributed by atoms with Gasteiger partial charge in [-0.1, -0.05) is 41.7 Å². The average molecular weight is 387 g/mol. The third-order valence-corrected chi connectivity index (χ3v) is 6.06. The Balaban J connectivity index is 1.47. The maximum Gasteiger partial charge on any atom is 0.267 e. The lowest BCUT2D eigenvalue weighted by Crippen LogP contribution is -2.42. The standard InChI is InChI=1S/C20H26N4O2S/c1-3-17(16-7-5-4-6-8-16)19(25)21-13-15-9-11-24(12-10-15)20(26)18-14(2)22-23-27-18/h4-8,15,17H,3,9-13H2,1-2H3,(H,21,25). The minimum Gasteiger partial charge on any atom is -0.355 e. The third-order valence-electron chi connectivity index (χ3n) is 5.24. The molecule has 1 aliphatic heterocycles. The van der Waals surface area contributed by atoms with Gasteiger partial charge >= 0.3 is 0 Å². The second-order valence-electron chi connectivity index (χ2n) is 7.04. The SMILES string of the molecule is CCC(C(=O)NCC1CCN(C(=O)c2snnc2C)CC1)c1ccccc1. The van der Waals surface area contributed by atoms with Gasteiger partial charge in [-0.05, 0) is 49.2 Å². The van der Waals surface area contributed by atoms with Gasteiger partial charge in [0, 0.05) is 19.6 Å². The molecule has 0 bridgehead atoms. The van der Waals surface area contributed by atoms with Gasteiger partial charge in [0.15, 0.2) is 0 Å². The van der Waals surface area contributed by atoms with Crippen molar-refractivity contribution >= 4 is 23.3 Å². The summed E-state index contributed by atoms with van der Waals surface area (Å²) in [6.07, 6.45) is 2.59. The molecule has 7 heteroatoms. The number of aromatic nitrogens is 2. The van der Waals surface area contributed by atoms with E-state index in [1.165, 1.54) is 0 Å². The zero-order valence-corrected chi connectivity index (χ0v) is 16.7. The van der Waals surface area contributed by atoms with Crippen LogP contribution in [-0.2, 0) is 4.79 Å². The minimum atomic E-state index is -0.102. The van der Waals surface area contributed by atoms with Gasteiger partial charge in [-0.3, -0.25) is 9.59 Å². The van der Waals surface area contributed by atoms with Crippen LogP contribution in [0.3, 0.4) is 0 Å². The fourth-order valence-electron chi connectivity index (χ4n) is 3.54. The first-order valence-electron chi connectivity index (χ1n) is 9.51. The lowest BCUT2D eigenvalue weighted by Gasteiger charge is -2.32. The molecule has 1 unspecified atom stereocenters. The molecule has 144 valence electrons. The molecular formula is C20H26N4O2S. The predicted molar refractivity (Wildman–Crippen MR) is 106 cm³/mol. The maximum absolute atomic E-state index is 12.6. The number of likely N-dealkylation sites (tertiary alicyclic amines) is 1. The van der Waals surface area contributed by atoms with Crippen LogP contribution in [0.4, 0.5) is 0 Å². The fraction of sp³-hybridized carbons (Fsp3) is 0.500. The summed E-state index contributed by atoms with van der Waals surface area (Å²) in [5, 5.41) is 7.04. The van der Waals surface area contributed by atoms with Crippen molar-refractivity contribution in [2.75, 3.05) is 19.6 Å². The van der Waals surface area contributed by atoms with Gasteiger partial charge in [-0.2, -0.15) is 0 Å². The van der Waals surface area contributed by atoms with Crippen LogP contribution < -0.4 is 5.32 Å². The largest absolute Gasteiger partial charge is 0.355 e. The van der Waals surface area contributed by atoms with Crippen molar-refractivity contribution in [3.63, 3.8) is 0 Å². The second-order valence-corrected chi connectivity index (χ2v) is 7.79. The Labute approximate surface area is 164 Å². The molecule has 1 N–H and O–H groups in total. The zero-order chi connectivity index (χ0) is 19.2. The summed E-state index contributed by atoms with van der Waals surface area (Å²) in [6, 6.07) is 9.92. The van der Waals surface area contributed by atoms with Crippen LogP contribution in [0.25, 0.3) is 0 Å². The molecule has 2 heterocycles. The summed E-state index contributed by atoms with van der Waals surface area (Å²) in [6.45, 7) is 5.96. The number of benzene rings is 1. The van der Waals surface area contributed by atoms with E-state index in [2.05, 4.69) is 14.9 Å². The van der Waals surface area contributed by atoms with Gasteiger partial charge < -0.3 is 10.2 Å². The summed E-state index contributed by atoms with van der Waals surface area (Å²) in [5.41, 5.74) is 1.76. The minimum absolute atomic E-state index is 0.0279. The van der Waals surface area contributed by atoms with Crippen LogP contribution in [0.15, 0.2) is 30.3 Å². The van der Waals surface area contributed by atoms with Gasteiger partial charge in [0.25, 0.3) is 5.91 Å². The zero-order valence-electron chi connectivity index (χ0n) is 15.9. The Morgan fingerprint density at radius 1 is 1.26 bits per heavy atom. The van der Waals surface area contributed by atoms with E-state index in [9.17, 15) is 9.59 Å². The molecule has 1 fully saturated rings. The number of nitrogens with zero attached hydrogens (tertiary/aromatic N) is 3. The molecule has 2 amide bonds. The fourth-order valence-corrected chi connectivity index (χ4v) is 4.16. The van der Waals surface area contributed by atoms with Crippen LogP contribution in [0.2, 0.25) is 0 Å². The maximum atomic E-state index is 12.6. The summed E-state index contributed by atoms with van der Waals surface area (Å²) in [4.78, 5) is 27.6. The Kier molecular flexibility index (Phi) is 6.55. The highest BCUT2D eigenvalue weighted by Gasteiger charge is 2.27. The summed E-state index contributed by atoms with van der Waals surface area (Å²) in [7, 11) is 0. The van der Waals surface area contributed by atoms with Crippen LogP contribution in [-0.4, -0.2) is 45.9 Å². The van der Waals surface area contributed by atoms with Crippen molar-refractivity contribution in [3.05, 3.63) is 46.5 Å². The highest BCUT2D eigenvalue weighted by Crippen LogP contribution is 2.22. The van der Waals surface area contributed by atoms with Crippen LogP contribution >= 0.6 is 11.5 Å². The van der Waals surface area contributed by atoms with Gasteiger partial charge in [0.05, 0.1) is 11.6 Å². The molecule has 0 spiro atoms. The highest BCUT2D eigenvalue weighted by atomic mass is 32.1. The summed E-state index contributed by atoms with van der Waals surface area (Å²) < 4.78 is 3.85. The number of amides is 2. The normalized spacial score (nSPS) is 16.1. The van der Waals surface area contributed by atoms with Crippen LogP contribution in [0.1, 0.15) is 53.0 Å². The molecule has 1 aromatic carbocycles. The lowest BCUT2D eigenvalue weighted by molar-refractivity contribution is -0.122. The number of nitrogens with one attached hydrogen (secondary N) is 1. The van der Waals surface area contributed by atoms with E-state index in [0.29, 0.717) is 36.1 Å². The number of carbonyl (C=O) groups is 2. The lowest BCUT2D eigenvalue weighted by atomic mass is 9.94. The first kappa shape index (κ1) is 19.5. The molecule has 0 radical (unpaired) electrons. The molecule has 6 nitrogen and oxygen atoms in total. The first-order chi connectivity index (χ1) is 13.1. The monoisotopic (exact) mass is 386 g/mol. The Morgan fingerprint density at radius 2 is 1.96 bits per heavy atom. The molecule has 1 saturated heterocycles. The molecule has 0 saturated carbocycles. The van der Waals surface area contributed by atoms with E-state index in [1.807, 2.05) is 49.1 Å². The van der Waals surface area contributed by atoms with Crippen molar-refractivity contribution in [3.8, 4) is 0 Å². The van der Waals surface area contributed by atoms with Crippen molar-refractivity contribution in [1.82, 2.24) is 19.8 Å². The number of hydrogen-bond acceptors (Lipinski definition) is 5. The third kappa shape index (κ3) is 4.71. The van der Waals surface area contributed by atoms with Gasteiger partial charge in [-0.15, -0.1) is 5.10 Å². The van der Waals surface area contributed by atoms with E-state index in [-0.39, 0.29) is 17.7 Å². The van der Waals surface area contributed by atoms with Crippen LogP contribution in [0.5, 0.6) is 0 Å². The number of rotatable bonds is 6. The van der Waals surface area contributed by atoms with E-state index >= 15 is 0 Å². The Morgan fingerprint density at radius 3 is 2.56 bits per heavy atom. The van der Waals surface area contributed by atoms with Crippen molar-refractivity contribution in [1.29, 1.82) is 0 Å². The molecule has 27 heavy (non-hydrogen) atoms. The van der Waals surface area contributed by atoms with E-state index < -0.39 is 0 Å². The Hall–Kier alpha value is -2.28. The Bertz CT molecular complexity index is 769. The second kappa shape index (κ2) is 9.08. The highest BCUT2D eigenvalue weighted by molar-refractivity contribution is 7.07.